The van der Waals surface area contributed by atoms with E-state index in [-0.39, 0.29) is 33.8 Å². The Morgan fingerprint density at radius 1 is 1.03 bits per heavy atom. The molecule has 0 atom stereocenters. The maximum atomic E-state index is 14.0. The van der Waals surface area contributed by atoms with Crippen molar-refractivity contribution in [1.82, 2.24) is 4.57 Å². The standard InChI is InChI=1S/C21H17F4NO3/c1-11-8-15(20(27)28)12(2)26(11)18-6-4-13(9-16(18)21(23,24)25)14-5-7-19(29-3)17(22)10-14/h4-10H,1-3H3,(H,27,28). The van der Waals surface area contributed by atoms with Crippen LogP contribution in [0.1, 0.15) is 27.3 Å². The highest BCUT2D eigenvalue weighted by Gasteiger charge is 2.35. The van der Waals surface area contributed by atoms with Gasteiger partial charge < -0.3 is 14.4 Å². The molecule has 0 fully saturated rings. The van der Waals surface area contributed by atoms with Gasteiger partial charge in [-0.05, 0) is 55.3 Å². The number of aromatic carboxylic acids is 1. The number of ether oxygens (including phenoxy) is 1. The highest BCUT2D eigenvalue weighted by Crippen LogP contribution is 2.38. The summed E-state index contributed by atoms with van der Waals surface area (Å²) in [5, 5.41) is 9.26. The zero-order valence-electron chi connectivity index (χ0n) is 15.8. The van der Waals surface area contributed by atoms with Gasteiger partial charge in [-0.3, -0.25) is 0 Å². The molecule has 2 aromatic carbocycles. The Kier molecular flexibility index (Phi) is 5.13. The number of carboxylic acids is 1. The van der Waals surface area contributed by atoms with Crippen LogP contribution < -0.4 is 4.74 Å². The lowest BCUT2D eigenvalue weighted by atomic mass is 10.0. The molecule has 0 bridgehead atoms. The average molecular weight is 407 g/mol. The van der Waals surface area contributed by atoms with Crippen LogP contribution in [0.15, 0.2) is 42.5 Å². The largest absolute Gasteiger partial charge is 0.494 e. The molecule has 0 unspecified atom stereocenters. The highest BCUT2D eigenvalue weighted by atomic mass is 19.4. The van der Waals surface area contributed by atoms with Crippen molar-refractivity contribution in [3.63, 3.8) is 0 Å². The molecule has 0 radical (unpaired) electrons. The summed E-state index contributed by atoms with van der Waals surface area (Å²) >= 11 is 0. The van der Waals surface area contributed by atoms with E-state index in [9.17, 15) is 27.5 Å². The van der Waals surface area contributed by atoms with Crippen LogP contribution in [0.25, 0.3) is 16.8 Å². The highest BCUT2D eigenvalue weighted by molar-refractivity contribution is 5.89. The van der Waals surface area contributed by atoms with Crippen LogP contribution >= 0.6 is 0 Å². The monoisotopic (exact) mass is 407 g/mol. The summed E-state index contributed by atoms with van der Waals surface area (Å²) in [6, 6.07) is 8.84. The Labute approximate surface area is 164 Å². The maximum absolute atomic E-state index is 14.0. The molecule has 152 valence electrons. The van der Waals surface area contributed by atoms with Crippen LogP contribution in [0.5, 0.6) is 5.75 Å². The molecular formula is C21H17F4NO3. The Balaban J connectivity index is 2.22. The number of halogens is 4. The summed E-state index contributed by atoms with van der Waals surface area (Å²) in [5.74, 6) is -1.92. The third-order valence-corrected chi connectivity index (χ3v) is 4.69. The predicted molar refractivity (Wildman–Crippen MR) is 99.2 cm³/mol. The van der Waals surface area contributed by atoms with Gasteiger partial charge in [0, 0.05) is 11.4 Å². The van der Waals surface area contributed by atoms with Gasteiger partial charge in [-0.15, -0.1) is 0 Å². The first kappa shape index (κ1) is 20.4. The smallest absolute Gasteiger partial charge is 0.418 e. The van der Waals surface area contributed by atoms with Crippen LogP contribution in [0.4, 0.5) is 17.6 Å². The summed E-state index contributed by atoms with van der Waals surface area (Å²) in [6.07, 6.45) is -4.71. The molecular weight excluding hydrogens is 390 g/mol. The number of nitrogens with zero attached hydrogens (tertiary/aromatic N) is 1. The number of hydrogen-bond donors (Lipinski definition) is 1. The zero-order chi connectivity index (χ0) is 21.5. The number of aromatic nitrogens is 1. The first-order chi connectivity index (χ1) is 13.5. The number of hydrogen-bond acceptors (Lipinski definition) is 2. The van der Waals surface area contributed by atoms with E-state index in [1.165, 1.54) is 55.9 Å². The molecule has 4 nitrogen and oxygen atoms in total. The summed E-state index contributed by atoms with van der Waals surface area (Å²) in [7, 11) is 1.29. The topological polar surface area (TPSA) is 51.5 Å². The minimum absolute atomic E-state index is 0.0128. The Hall–Kier alpha value is -3.29. The number of carboxylic acid groups (broad SMARTS) is 1. The van der Waals surface area contributed by atoms with E-state index in [1.54, 1.807) is 0 Å². The number of benzene rings is 2. The van der Waals surface area contributed by atoms with Crippen LogP contribution in [0.3, 0.4) is 0 Å². The number of alkyl halides is 3. The van der Waals surface area contributed by atoms with Crippen molar-refractivity contribution < 1.29 is 32.2 Å². The van der Waals surface area contributed by atoms with Crippen molar-refractivity contribution in [1.29, 1.82) is 0 Å². The molecule has 0 aliphatic carbocycles. The molecule has 1 heterocycles. The normalized spacial score (nSPS) is 11.6. The lowest BCUT2D eigenvalue weighted by Crippen LogP contribution is -2.13. The van der Waals surface area contributed by atoms with Crippen LogP contribution in [0.2, 0.25) is 0 Å². The molecule has 0 aliphatic heterocycles. The van der Waals surface area contributed by atoms with E-state index in [4.69, 9.17) is 4.74 Å². The van der Waals surface area contributed by atoms with Gasteiger partial charge in [0.05, 0.1) is 23.9 Å². The molecule has 0 saturated carbocycles. The van der Waals surface area contributed by atoms with E-state index in [1.807, 2.05) is 0 Å². The molecule has 1 N–H and O–H groups in total. The predicted octanol–water partition coefficient (Wildman–Crippen LogP) is 5.63. The van der Waals surface area contributed by atoms with E-state index in [0.717, 1.165) is 12.1 Å². The number of aryl methyl sites for hydroxylation is 1. The summed E-state index contributed by atoms with van der Waals surface area (Å²) < 4.78 is 61.6. The molecule has 8 heteroatoms. The third kappa shape index (κ3) is 3.70. The fraction of sp³-hybridized carbons (Fsp3) is 0.190. The molecule has 0 saturated heterocycles. The quantitative estimate of drug-likeness (QED) is 0.571. The number of carbonyl (C=O) groups is 1. The Morgan fingerprint density at radius 3 is 2.17 bits per heavy atom. The molecule has 3 rings (SSSR count). The van der Waals surface area contributed by atoms with E-state index < -0.39 is 23.5 Å². The summed E-state index contributed by atoms with van der Waals surface area (Å²) in [5.41, 5.74) is -0.256. The van der Waals surface area contributed by atoms with E-state index >= 15 is 0 Å². The second kappa shape index (κ2) is 7.27. The molecule has 1 aromatic heterocycles. The maximum Gasteiger partial charge on any atom is 0.418 e. The minimum Gasteiger partial charge on any atom is -0.494 e. The first-order valence-electron chi connectivity index (χ1n) is 8.52. The van der Waals surface area contributed by atoms with Crippen molar-refractivity contribution >= 4 is 5.97 Å². The Morgan fingerprint density at radius 2 is 1.66 bits per heavy atom. The van der Waals surface area contributed by atoms with E-state index in [2.05, 4.69) is 0 Å². The van der Waals surface area contributed by atoms with Gasteiger partial charge in [0.2, 0.25) is 0 Å². The van der Waals surface area contributed by atoms with Crippen molar-refractivity contribution in [2.24, 2.45) is 0 Å². The SMILES string of the molecule is COc1ccc(-c2ccc(-n3c(C)cc(C(=O)O)c3C)c(C(F)(F)F)c2)cc1F. The van der Waals surface area contributed by atoms with Crippen molar-refractivity contribution in [2.45, 2.75) is 20.0 Å². The van der Waals surface area contributed by atoms with Gasteiger partial charge in [-0.1, -0.05) is 12.1 Å². The van der Waals surface area contributed by atoms with Crippen molar-refractivity contribution in [3.05, 3.63) is 70.8 Å². The van der Waals surface area contributed by atoms with Crippen LogP contribution in [-0.2, 0) is 6.18 Å². The minimum atomic E-state index is -4.71. The molecule has 0 amide bonds. The summed E-state index contributed by atoms with van der Waals surface area (Å²) in [4.78, 5) is 11.3. The second-order valence-electron chi connectivity index (χ2n) is 6.50. The molecule has 3 aromatic rings. The molecule has 29 heavy (non-hydrogen) atoms. The Bertz CT molecular complexity index is 1100. The molecule has 0 aliphatic rings. The lowest BCUT2D eigenvalue weighted by Gasteiger charge is -2.18. The van der Waals surface area contributed by atoms with Gasteiger partial charge in [-0.2, -0.15) is 13.2 Å². The fourth-order valence-corrected chi connectivity index (χ4v) is 3.33. The van der Waals surface area contributed by atoms with Gasteiger partial charge in [0.15, 0.2) is 11.6 Å². The van der Waals surface area contributed by atoms with Crippen molar-refractivity contribution in [3.8, 4) is 22.6 Å². The average Bonchev–Trinajstić information content (AvgIpc) is 2.95. The van der Waals surface area contributed by atoms with Crippen molar-refractivity contribution in [2.75, 3.05) is 7.11 Å². The number of rotatable bonds is 4. The first-order valence-corrected chi connectivity index (χ1v) is 8.52. The van der Waals surface area contributed by atoms with Gasteiger partial charge in [-0.25, -0.2) is 9.18 Å². The van der Waals surface area contributed by atoms with E-state index in [0.29, 0.717) is 5.69 Å². The van der Waals surface area contributed by atoms with Gasteiger partial charge in [0.25, 0.3) is 0 Å². The molecule has 0 spiro atoms. The zero-order valence-corrected chi connectivity index (χ0v) is 15.8. The fourth-order valence-electron chi connectivity index (χ4n) is 3.33. The van der Waals surface area contributed by atoms with Gasteiger partial charge in [0.1, 0.15) is 0 Å². The van der Waals surface area contributed by atoms with Crippen LogP contribution in [0, 0.1) is 19.7 Å². The third-order valence-electron chi connectivity index (χ3n) is 4.69. The summed E-state index contributed by atoms with van der Waals surface area (Å²) in [6.45, 7) is 2.98. The number of methoxy groups -OCH3 is 1. The van der Waals surface area contributed by atoms with Gasteiger partial charge >= 0.3 is 12.1 Å². The lowest BCUT2D eigenvalue weighted by molar-refractivity contribution is -0.137. The van der Waals surface area contributed by atoms with Crippen LogP contribution in [-0.4, -0.2) is 22.8 Å². The second-order valence-corrected chi connectivity index (χ2v) is 6.50.